The van der Waals surface area contributed by atoms with Crippen molar-refractivity contribution in [3.8, 4) is 11.5 Å². The second kappa shape index (κ2) is 9.66. The summed E-state index contributed by atoms with van der Waals surface area (Å²) in [5, 5.41) is 0. The topological polar surface area (TPSA) is 79.1 Å². The standard InChI is InChI=1S/C23H21BrN2O5S2/c1-5-31-22(28)19-12(2)25-23-26(20(19)13-6-8-15(29-3)16(10-13)30-4)21(27)17(33-23)11-14-7-9-18(24)32-14/h6-11,20H,5H2,1-4H3/b17-11-. The van der Waals surface area contributed by atoms with E-state index in [4.69, 9.17) is 14.2 Å². The van der Waals surface area contributed by atoms with Gasteiger partial charge in [0.15, 0.2) is 16.3 Å². The molecular formula is C23H21BrN2O5S2. The van der Waals surface area contributed by atoms with Crippen molar-refractivity contribution >= 4 is 50.6 Å². The van der Waals surface area contributed by atoms with Crippen molar-refractivity contribution in [3.05, 3.63) is 75.5 Å². The molecule has 1 aromatic carbocycles. The number of benzene rings is 1. The third-order valence-electron chi connectivity index (χ3n) is 5.11. The van der Waals surface area contributed by atoms with Gasteiger partial charge in [0.25, 0.3) is 5.56 Å². The molecule has 0 radical (unpaired) electrons. The molecule has 1 aliphatic rings. The normalized spacial score (nSPS) is 15.8. The van der Waals surface area contributed by atoms with E-state index in [0.717, 1.165) is 8.66 Å². The smallest absolute Gasteiger partial charge is 0.338 e. The summed E-state index contributed by atoms with van der Waals surface area (Å²) in [6.45, 7) is 3.72. The number of aromatic nitrogens is 1. The van der Waals surface area contributed by atoms with Crippen molar-refractivity contribution in [3.63, 3.8) is 0 Å². The van der Waals surface area contributed by atoms with Crippen LogP contribution in [-0.2, 0) is 9.53 Å². The number of allylic oxidation sites excluding steroid dienone is 1. The Morgan fingerprint density at radius 2 is 1.94 bits per heavy atom. The predicted octanol–water partition coefficient (Wildman–Crippen LogP) is 3.64. The Labute approximate surface area is 206 Å². The molecule has 4 rings (SSSR count). The molecule has 10 heteroatoms. The van der Waals surface area contributed by atoms with Crippen LogP contribution >= 0.6 is 38.6 Å². The van der Waals surface area contributed by atoms with Crippen molar-refractivity contribution < 1.29 is 19.0 Å². The van der Waals surface area contributed by atoms with Gasteiger partial charge in [0.05, 0.1) is 46.5 Å². The highest BCUT2D eigenvalue weighted by Gasteiger charge is 2.33. The molecule has 0 amide bonds. The van der Waals surface area contributed by atoms with Gasteiger partial charge >= 0.3 is 5.97 Å². The molecule has 0 saturated heterocycles. The van der Waals surface area contributed by atoms with Crippen LogP contribution in [0.25, 0.3) is 6.08 Å². The molecule has 3 aromatic rings. The summed E-state index contributed by atoms with van der Waals surface area (Å²) in [5.41, 5.74) is 1.30. The van der Waals surface area contributed by atoms with Gasteiger partial charge in [-0.3, -0.25) is 9.36 Å². The molecule has 1 aliphatic heterocycles. The first-order valence-corrected chi connectivity index (χ1v) is 12.5. The highest BCUT2D eigenvalue weighted by molar-refractivity contribution is 9.11. The zero-order valence-corrected chi connectivity index (χ0v) is 21.6. The van der Waals surface area contributed by atoms with E-state index in [9.17, 15) is 9.59 Å². The number of carbonyl (C=O) groups excluding carboxylic acids is 1. The van der Waals surface area contributed by atoms with Crippen LogP contribution in [0.4, 0.5) is 0 Å². The fourth-order valence-corrected chi connectivity index (χ4v) is 6.14. The molecule has 0 saturated carbocycles. The lowest BCUT2D eigenvalue weighted by molar-refractivity contribution is -0.139. The van der Waals surface area contributed by atoms with Gasteiger partial charge in [-0.25, -0.2) is 9.79 Å². The van der Waals surface area contributed by atoms with Gasteiger partial charge in [0, 0.05) is 4.88 Å². The number of thiophene rings is 1. The van der Waals surface area contributed by atoms with Crippen molar-refractivity contribution in [1.29, 1.82) is 0 Å². The SMILES string of the molecule is CCOC(=O)C1=C(C)N=c2s/c(=C\c3ccc(Br)s3)c(=O)n2C1c1ccc(OC)c(OC)c1. The number of nitrogens with zero attached hydrogens (tertiary/aromatic N) is 2. The van der Waals surface area contributed by atoms with E-state index in [-0.39, 0.29) is 12.2 Å². The van der Waals surface area contributed by atoms with Crippen LogP contribution in [0.5, 0.6) is 11.5 Å². The van der Waals surface area contributed by atoms with Gasteiger partial charge in [-0.2, -0.15) is 0 Å². The third-order valence-corrected chi connectivity index (χ3v) is 7.66. The Kier molecular flexibility index (Phi) is 6.87. The molecule has 0 aliphatic carbocycles. The van der Waals surface area contributed by atoms with E-state index in [0.29, 0.717) is 37.7 Å². The number of methoxy groups -OCH3 is 2. The Hall–Kier alpha value is -2.69. The van der Waals surface area contributed by atoms with Crippen LogP contribution in [0, 0.1) is 0 Å². The molecule has 1 atom stereocenters. The molecule has 172 valence electrons. The average molecular weight is 549 g/mol. The fraction of sp³-hybridized carbons (Fsp3) is 0.261. The molecule has 33 heavy (non-hydrogen) atoms. The molecule has 2 aromatic heterocycles. The highest BCUT2D eigenvalue weighted by atomic mass is 79.9. The maximum Gasteiger partial charge on any atom is 0.338 e. The van der Waals surface area contributed by atoms with E-state index in [1.807, 2.05) is 24.3 Å². The van der Waals surface area contributed by atoms with Gasteiger partial charge in [0.1, 0.15) is 0 Å². The second-order valence-electron chi connectivity index (χ2n) is 7.06. The minimum absolute atomic E-state index is 0.214. The third kappa shape index (κ3) is 4.42. The first kappa shape index (κ1) is 23.5. The summed E-state index contributed by atoms with van der Waals surface area (Å²) in [5.74, 6) is 0.545. The monoisotopic (exact) mass is 548 g/mol. The van der Waals surface area contributed by atoms with Crippen molar-refractivity contribution in [1.82, 2.24) is 4.57 Å². The number of rotatable bonds is 6. The summed E-state index contributed by atoms with van der Waals surface area (Å²) >= 11 is 6.27. The van der Waals surface area contributed by atoms with Crippen LogP contribution in [0.3, 0.4) is 0 Å². The minimum atomic E-state index is -0.711. The second-order valence-corrected chi connectivity index (χ2v) is 10.6. The number of esters is 1. The number of thiazole rings is 1. The first-order valence-electron chi connectivity index (χ1n) is 10.0. The number of ether oxygens (including phenoxy) is 3. The van der Waals surface area contributed by atoms with Crippen LogP contribution in [0.1, 0.15) is 30.3 Å². The molecule has 1 unspecified atom stereocenters. The minimum Gasteiger partial charge on any atom is -0.493 e. The van der Waals surface area contributed by atoms with Gasteiger partial charge in [0.2, 0.25) is 0 Å². The molecular weight excluding hydrogens is 528 g/mol. The van der Waals surface area contributed by atoms with Gasteiger partial charge in [-0.05, 0) is 65.7 Å². The molecule has 0 fully saturated rings. The number of fused-ring (bicyclic) bond motifs is 1. The maximum atomic E-state index is 13.6. The van der Waals surface area contributed by atoms with E-state index in [1.165, 1.54) is 22.7 Å². The summed E-state index contributed by atoms with van der Waals surface area (Å²) in [6.07, 6.45) is 1.84. The maximum absolute atomic E-state index is 13.6. The molecule has 3 heterocycles. The Bertz CT molecular complexity index is 1430. The van der Waals surface area contributed by atoms with E-state index in [1.54, 1.807) is 44.8 Å². The summed E-state index contributed by atoms with van der Waals surface area (Å²) in [4.78, 5) is 32.6. The van der Waals surface area contributed by atoms with E-state index < -0.39 is 12.0 Å². The average Bonchev–Trinajstić information content (AvgIpc) is 3.34. The molecule has 0 N–H and O–H groups in total. The van der Waals surface area contributed by atoms with Crippen LogP contribution in [0.2, 0.25) is 0 Å². The van der Waals surface area contributed by atoms with Crippen LogP contribution in [-0.4, -0.2) is 31.4 Å². The molecule has 0 spiro atoms. The Morgan fingerprint density at radius 1 is 1.18 bits per heavy atom. The number of hydrogen-bond donors (Lipinski definition) is 0. The predicted molar refractivity (Wildman–Crippen MR) is 132 cm³/mol. The lowest BCUT2D eigenvalue weighted by Gasteiger charge is -2.25. The number of hydrogen-bond acceptors (Lipinski definition) is 8. The van der Waals surface area contributed by atoms with Crippen LogP contribution < -0.4 is 24.4 Å². The van der Waals surface area contributed by atoms with Crippen molar-refractivity contribution in [2.24, 2.45) is 4.99 Å². The molecule has 7 nitrogen and oxygen atoms in total. The first-order chi connectivity index (χ1) is 15.9. The summed E-state index contributed by atoms with van der Waals surface area (Å²) in [6, 6.07) is 8.51. The fourth-order valence-electron chi connectivity index (χ4n) is 3.66. The lowest BCUT2D eigenvalue weighted by atomic mass is 9.95. The van der Waals surface area contributed by atoms with Gasteiger partial charge < -0.3 is 14.2 Å². The zero-order chi connectivity index (χ0) is 23.7. The lowest BCUT2D eigenvalue weighted by Crippen LogP contribution is -2.39. The van der Waals surface area contributed by atoms with Crippen molar-refractivity contribution in [2.45, 2.75) is 19.9 Å². The van der Waals surface area contributed by atoms with E-state index >= 15 is 0 Å². The summed E-state index contributed by atoms with van der Waals surface area (Å²) in [7, 11) is 3.09. The largest absolute Gasteiger partial charge is 0.493 e. The van der Waals surface area contributed by atoms with Crippen LogP contribution in [0.15, 0.2) is 55.2 Å². The van der Waals surface area contributed by atoms with Crippen molar-refractivity contribution in [2.75, 3.05) is 20.8 Å². The van der Waals surface area contributed by atoms with E-state index in [2.05, 4.69) is 20.9 Å². The quantitative estimate of drug-likeness (QED) is 0.439. The molecule has 0 bridgehead atoms. The Balaban J connectivity index is 1.97. The van der Waals surface area contributed by atoms with Gasteiger partial charge in [-0.1, -0.05) is 17.4 Å². The Morgan fingerprint density at radius 3 is 2.58 bits per heavy atom. The summed E-state index contributed by atoms with van der Waals surface area (Å²) < 4.78 is 19.2. The zero-order valence-electron chi connectivity index (χ0n) is 18.4. The number of halogens is 1. The van der Waals surface area contributed by atoms with Gasteiger partial charge in [-0.15, -0.1) is 11.3 Å². The highest BCUT2D eigenvalue weighted by Crippen LogP contribution is 2.36. The number of carbonyl (C=O) groups is 1.